The van der Waals surface area contributed by atoms with E-state index >= 15 is 0 Å². The Labute approximate surface area is 181 Å². The molecule has 0 aliphatic heterocycles. The summed E-state index contributed by atoms with van der Waals surface area (Å²) in [4.78, 5) is 9.34. The number of anilines is 3. The number of hydrogen-bond donors (Lipinski definition) is 2. The fourth-order valence-corrected chi connectivity index (χ4v) is 4.55. The van der Waals surface area contributed by atoms with Crippen molar-refractivity contribution in [3.8, 4) is 5.75 Å². The lowest BCUT2D eigenvalue weighted by atomic mass is 10.2. The highest BCUT2D eigenvalue weighted by Gasteiger charge is 2.21. The van der Waals surface area contributed by atoms with E-state index in [9.17, 15) is 8.42 Å². The molecule has 1 aromatic heterocycles. The molecule has 158 valence electrons. The van der Waals surface area contributed by atoms with E-state index in [0.29, 0.717) is 28.0 Å². The molecule has 0 aliphatic carbocycles. The monoisotopic (exact) mass is 434 g/mol. The van der Waals surface area contributed by atoms with Gasteiger partial charge in [0.05, 0.1) is 28.7 Å². The van der Waals surface area contributed by atoms with Crippen LogP contribution in [0.15, 0.2) is 71.6 Å². The minimum Gasteiger partial charge on any atom is -0.495 e. The average molecular weight is 435 g/mol. The second kappa shape index (κ2) is 8.23. The predicted octanol–water partition coefficient (Wildman–Crippen LogP) is 4.80. The van der Waals surface area contributed by atoms with Crippen LogP contribution in [0.5, 0.6) is 5.75 Å². The maximum atomic E-state index is 13.2. The SMILES string of the molecule is COc1ccccc1Nc1nc2ccccc2nc1NS(=O)(=O)c1cc(C)ccc1C. The average Bonchev–Trinajstić information content (AvgIpc) is 2.76. The highest BCUT2D eigenvalue weighted by atomic mass is 32.2. The first kappa shape index (κ1) is 20.6. The van der Waals surface area contributed by atoms with Gasteiger partial charge in [0.25, 0.3) is 10.0 Å². The van der Waals surface area contributed by atoms with Crippen molar-refractivity contribution in [3.63, 3.8) is 0 Å². The summed E-state index contributed by atoms with van der Waals surface area (Å²) < 4.78 is 34.4. The molecule has 31 heavy (non-hydrogen) atoms. The van der Waals surface area contributed by atoms with Crippen molar-refractivity contribution in [2.75, 3.05) is 17.1 Å². The number of nitrogens with one attached hydrogen (secondary N) is 2. The Morgan fingerprint density at radius 1 is 0.839 bits per heavy atom. The van der Waals surface area contributed by atoms with Gasteiger partial charge in [-0.2, -0.15) is 0 Å². The number of ether oxygens (including phenoxy) is 1. The number of methoxy groups -OCH3 is 1. The largest absolute Gasteiger partial charge is 0.495 e. The van der Waals surface area contributed by atoms with Crippen molar-refractivity contribution in [1.82, 2.24) is 9.97 Å². The third-order valence-corrected chi connectivity index (χ3v) is 6.28. The number of aromatic nitrogens is 2. The molecule has 0 aliphatic rings. The summed E-state index contributed by atoms with van der Waals surface area (Å²) in [7, 11) is -2.32. The number of aryl methyl sites for hydroxylation is 2. The molecule has 0 radical (unpaired) electrons. The van der Waals surface area contributed by atoms with Crippen molar-refractivity contribution < 1.29 is 13.2 Å². The fourth-order valence-electron chi connectivity index (χ4n) is 3.21. The number of hydrogen-bond acceptors (Lipinski definition) is 6. The number of para-hydroxylation sites is 4. The standard InChI is InChI=1S/C23H22N4O3S/c1-15-12-13-16(2)21(14-15)31(28,29)27-23-22(24-17-8-4-5-9-18(17)25-23)26-19-10-6-7-11-20(19)30-3/h4-14H,1-3H3,(H,24,26)(H,25,27). The van der Waals surface area contributed by atoms with Gasteiger partial charge in [-0.25, -0.2) is 18.4 Å². The van der Waals surface area contributed by atoms with Crippen LogP contribution in [0.3, 0.4) is 0 Å². The number of sulfonamides is 1. The Balaban J connectivity index is 1.82. The highest BCUT2D eigenvalue weighted by molar-refractivity contribution is 7.92. The van der Waals surface area contributed by atoms with E-state index in [2.05, 4.69) is 20.0 Å². The van der Waals surface area contributed by atoms with Crippen LogP contribution >= 0.6 is 0 Å². The van der Waals surface area contributed by atoms with E-state index in [1.807, 2.05) is 49.4 Å². The van der Waals surface area contributed by atoms with Gasteiger partial charge in [0, 0.05) is 0 Å². The van der Waals surface area contributed by atoms with Crippen molar-refractivity contribution in [2.24, 2.45) is 0 Å². The van der Waals surface area contributed by atoms with E-state index in [1.54, 1.807) is 38.3 Å². The maximum Gasteiger partial charge on any atom is 0.263 e. The molecule has 0 amide bonds. The van der Waals surface area contributed by atoms with Crippen LogP contribution < -0.4 is 14.8 Å². The van der Waals surface area contributed by atoms with Crippen LogP contribution in [0.1, 0.15) is 11.1 Å². The molecular weight excluding hydrogens is 412 g/mol. The minimum atomic E-state index is -3.89. The first-order valence-corrected chi connectivity index (χ1v) is 11.1. The van der Waals surface area contributed by atoms with Crippen LogP contribution in [0.25, 0.3) is 11.0 Å². The minimum absolute atomic E-state index is 0.102. The summed E-state index contributed by atoms with van der Waals surface area (Å²) in [5.74, 6) is 0.975. The number of nitrogens with zero attached hydrogens (tertiary/aromatic N) is 2. The molecule has 4 aromatic rings. The van der Waals surface area contributed by atoms with E-state index in [1.165, 1.54) is 0 Å². The highest BCUT2D eigenvalue weighted by Crippen LogP contribution is 2.31. The molecule has 1 heterocycles. The van der Waals surface area contributed by atoms with E-state index < -0.39 is 10.0 Å². The molecule has 7 nitrogen and oxygen atoms in total. The van der Waals surface area contributed by atoms with E-state index in [0.717, 1.165) is 5.56 Å². The van der Waals surface area contributed by atoms with Gasteiger partial charge in [0.1, 0.15) is 5.75 Å². The zero-order valence-electron chi connectivity index (χ0n) is 17.4. The Bertz CT molecular complexity index is 1370. The second-order valence-corrected chi connectivity index (χ2v) is 8.76. The molecule has 0 spiro atoms. The Morgan fingerprint density at radius 2 is 1.48 bits per heavy atom. The number of fused-ring (bicyclic) bond motifs is 1. The molecule has 3 aromatic carbocycles. The van der Waals surface area contributed by atoms with Gasteiger partial charge in [-0.15, -0.1) is 0 Å². The molecule has 0 unspecified atom stereocenters. The van der Waals surface area contributed by atoms with Crippen molar-refractivity contribution >= 4 is 38.4 Å². The Kier molecular flexibility index (Phi) is 5.48. The lowest BCUT2D eigenvalue weighted by Gasteiger charge is -2.16. The van der Waals surface area contributed by atoms with Gasteiger partial charge >= 0.3 is 0 Å². The zero-order chi connectivity index (χ0) is 22.0. The summed E-state index contributed by atoms with van der Waals surface area (Å²) in [5.41, 5.74) is 3.34. The third-order valence-electron chi connectivity index (χ3n) is 4.79. The number of benzene rings is 3. The van der Waals surface area contributed by atoms with Crippen molar-refractivity contribution in [3.05, 3.63) is 77.9 Å². The van der Waals surface area contributed by atoms with Crippen LogP contribution in [-0.2, 0) is 10.0 Å². The van der Waals surface area contributed by atoms with Gasteiger partial charge in [-0.1, -0.05) is 36.4 Å². The summed E-state index contributed by atoms with van der Waals surface area (Å²) in [6, 6.07) is 19.9. The van der Waals surface area contributed by atoms with Gasteiger partial charge in [0.2, 0.25) is 0 Å². The normalized spacial score (nSPS) is 11.3. The smallest absolute Gasteiger partial charge is 0.263 e. The van der Waals surface area contributed by atoms with Crippen LogP contribution in [0.4, 0.5) is 17.3 Å². The first-order valence-electron chi connectivity index (χ1n) is 9.64. The summed E-state index contributed by atoms with van der Waals surface area (Å²) in [6.45, 7) is 3.61. The maximum absolute atomic E-state index is 13.2. The molecular formula is C23H22N4O3S. The van der Waals surface area contributed by atoms with Gasteiger partial charge < -0.3 is 10.1 Å². The summed E-state index contributed by atoms with van der Waals surface area (Å²) >= 11 is 0. The second-order valence-electron chi connectivity index (χ2n) is 7.11. The van der Waals surface area contributed by atoms with E-state index in [4.69, 9.17) is 4.74 Å². The Morgan fingerprint density at radius 3 is 2.19 bits per heavy atom. The molecule has 0 atom stereocenters. The first-order chi connectivity index (χ1) is 14.9. The van der Waals surface area contributed by atoms with Crippen LogP contribution in [-0.4, -0.2) is 25.5 Å². The third kappa shape index (κ3) is 4.29. The van der Waals surface area contributed by atoms with E-state index in [-0.39, 0.29) is 16.5 Å². The molecule has 0 bridgehead atoms. The molecule has 0 saturated carbocycles. The predicted molar refractivity (Wildman–Crippen MR) is 123 cm³/mol. The summed E-state index contributed by atoms with van der Waals surface area (Å²) in [5, 5.41) is 3.16. The van der Waals surface area contributed by atoms with Crippen molar-refractivity contribution in [2.45, 2.75) is 18.7 Å². The lowest BCUT2D eigenvalue weighted by molar-refractivity contribution is 0.417. The lowest BCUT2D eigenvalue weighted by Crippen LogP contribution is -2.17. The van der Waals surface area contributed by atoms with Gasteiger partial charge in [-0.3, -0.25) is 4.72 Å². The van der Waals surface area contributed by atoms with Crippen LogP contribution in [0.2, 0.25) is 0 Å². The zero-order valence-corrected chi connectivity index (χ0v) is 18.2. The molecule has 8 heteroatoms. The molecule has 0 saturated heterocycles. The summed E-state index contributed by atoms with van der Waals surface area (Å²) in [6.07, 6.45) is 0. The molecule has 2 N–H and O–H groups in total. The topological polar surface area (TPSA) is 93.2 Å². The fraction of sp³-hybridized carbons (Fsp3) is 0.130. The number of rotatable bonds is 6. The Hall–Kier alpha value is -3.65. The van der Waals surface area contributed by atoms with Crippen LogP contribution in [0, 0.1) is 13.8 Å². The quantitative estimate of drug-likeness (QED) is 0.453. The van der Waals surface area contributed by atoms with Crippen molar-refractivity contribution in [1.29, 1.82) is 0 Å². The molecule has 0 fully saturated rings. The van der Waals surface area contributed by atoms with Gasteiger partial charge in [0.15, 0.2) is 11.6 Å². The molecule has 4 rings (SSSR count). The van der Waals surface area contributed by atoms with Gasteiger partial charge in [-0.05, 0) is 55.3 Å².